The van der Waals surface area contributed by atoms with E-state index in [0.717, 1.165) is 58.7 Å². The van der Waals surface area contributed by atoms with Crippen LogP contribution in [0.15, 0.2) is 0 Å². The molecular weight excluding hydrogens is 268 g/mol. The van der Waals surface area contributed by atoms with Crippen LogP contribution in [-0.2, 0) is 4.74 Å². The van der Waals surface area contributed by atoms with Crippen molar-refractivity contribution in [2.24, 2.45) is 5.73 Å². The molecule has 6 heteroatoms. The van der Waals surface area contributed by atoms with Crippen LogP contribution in [0, 0.1) is 0 Å². The third kappa shape index (κ3) is 8.90. The van der Waals surface area contributed by atoms with E-state index in [9.17, 15) is 4.79 Å². The first-order valence-corrected chi connectivity index (χ1v) is 8.02. The van der Waals surface area contributed by atoms with Crippen molar-refractivity contribution in [2.75, 3.05) is 52.4 Å². The lowest BCUT2D eigenvalue weighted by molar-refractivity contribution is 0.0524. The van der Waals surface area contributed by atoms with Crippen LogP contribution in [0.2, 0.25) is 0 Å². The van der Waals surface area contributed by atoms with Crippen molar-refractivity contribution >= 4 is 6.09 Å². The number of ether oxygens (including phenoxy) is 1. The van der Waals surface area contributed by atoms with Crippen LogP contribution in [0.1, 0.15) is 33.6 Å². The molecule has 0 bridgehead atoms. The predicted molar refractivity (Wildman–Crippen MR) is 85.4 cm³/mol. The van der Waals surface area contributed by atoms with Gasteiger partial charge in [-0.25, -0.2) is 4.79 Å². The lowest BCUT2D eigenvalue weighted by atomic mass is 10.2. The molecule has 0 aliphatic carbocycles. The topological polar surface area (TPSA) is 70.8 Å². The Balaban J connectivity index is 2.03. The summed E-state index contributed by atoms with van der Waals surface area (Å²) in [6, 6.07) is 0. The lowest BCUT2D eigenvalue weighted by Crippen LogP contribution is -2.47. The minimum Gasteiger partial charge on any atom is -0.444 e. The molecule has 1 saturated heterocycles. The summed E-state index contributed by atoms with van der Waals surface area (Å²) in [6.45, 7) is 13.7. The number of nitrogens with two attached hydrogens (primary N) is 1. The van der Waals surface area contributed by atoms with Crippen molar-refractivity contribution in [1.82, 2.24) is 15.1 Å². The van der Waals surface area contributed by atoms with E-state index in [1.54, 1.807) is 0 Å². The van der Waals surface area contributed by atoms with Crippen molar-refractivity contribution in [2.45, 2.75) is 39.2 Å². The molecule has 1 aliphatic rings. The van der Waals surface area contributed by atoms with Gasteiger partial charge in [-0.3, -0.25) is 0 Å². The molecule has 0 atom stereocenters. The van der Waals surface area contributed by atoms with Gasteiger partial charge in [-0.05, 0) is 53.2 Å². The van der Waals surface area contributed by atoms with Crippen molar-refractivity contribution in [1.29, 1.82) is 0 Å². The molecule has 0 saturated carbocycles. The summed E-state index contributed by atoms with van der Waals surface area (Å²) >= 11 is 0. The third-order valence-electron chi connectivity index (χ3n) is 3.46. The van der Waals surface area contributed by atoms with E-state index in [4.69, 9.17) is 10.5 Å². The maximum Gasteiger partial charge on any atom is 0.407 e. The SMILES string of the molecule is CC(C)(C)OC(=O)NCCCN1CCN(CCCN)CC1. The number of hydrogen-bond donors (Lipinski definition) is 2. The zero-order valence-electron chi connectivity index (χ0n) is 13.9. The van der Waals surface area contributed by atoms with E-state index >= 15 is 0 Å². The second-order valence-electron chi connectivity index (χ2n) is 6.61. The van der Waals surface area contributed by atoms with E-state index in [-0.39, 0.29) is 6.09 Å². The molecule has 0 radical (unpaired) electrons. The van der Waals surface area contributed by atoms with Gasteiger partial charge in [-0.15, -0.1) is 0 Å². The highest BCUT2D eigenvalue weighted by Gasteiger charge is 2.17. The van der Waals surface area contributed by atoms with Crippen molar-refractivity contribution in [3.63, 3.8) is 0 Å². The first kappa shape index (κ1) is 18.2. The van der Waals surface area contributed by atoms with Crippen molar-refractivity contribution < 1.29 is 9.53 Å². The van der Waals surface area contributed by atoms with E-state index in [1.165, 1.54) is 0 Å². The molecule has 1 amide bonds. The second-order valence-corrected chi connectivity index (χ2v) is 6.61. The maximum absolute atomic E-state index is 11.5. The Hall–Kier alpha value is -0.850. The Labute approximate surface area is 129 Å². The molecule has 0 spiro atoms. The Bertz CT molecular complexity index is 297. The molecule has 124 valence electrons. The zero-order chi connectivity index (χ0) is 15.7. The van der Waals surface area contributed by atoms with Gasteiger partial charge in [-0.1, -0.05) is 0 Å². The molecule has 0 aromatic carbocycles. The Kier molecular flexibility index (Phi) is 8.00. The van der Waals surface area contributed by atoms with Gasteiger partial charge in [0.2, 0.25) is 0 Å². The quantitative estimate of drug-likeness (QED) is 0.683. The van der Waals surface area contributed by atoms with Gasteiger partial charge in [0.05, 0.1) is 0 Å². The number of nitrogens with one attached hydrogen (secondary N) is 1. The normalized spacial score (nSPS) is 17.7. The average molecular weight is 300 g/mol. The number of piperazine rings is 1. The van der Waals surface area contributed by atoms with Gasteiger partial charge in [-0.2, -0.15) is 0 Å². The molecule has 0 aromatic heterocycles. The molecule has 0 aromatic rings. The number of amides is 1. The number of rotatable bonds is 7. The highest BCUT2D eigenvalue weighted by atomic mass is 16.6. The van der Waals surface area contributed by atoms with Gasteiger partial charge in [0.25, 0.3) is 0 Å². The smallest absolute Gasteiger partial charge is 0.407 e. The number of hydrogen-bond acceptors (Lipinski definition) is 5. The summed E-state index contributed by atoms with van der Waals surface area (Å²) in [5, 5.41) is 2.80. The molecule has 1 heterocycles. The molecule has 1 aliphatic heterocycles. The van der Waals surface area contributed by atoms with E-state index in [0.29, 0.717) is 6.54 Å². The predicted octanol–water partition coefficient (Wildman–Crippen LogP) is 0.868. The summed E-state index contributed by atoms with van der Waals surface area (Å²) in [7, 11) is 0. The van der Waals surface area contributed by atoms with Crippen LogP contribution in [0.5, 0.6) is 0 Å². The van der Waals surface area contributed by atoms with Gasteiger partial charge in [0.15, 0.2) is 0 Å². The number of carbonyl (C=O) groups is 1. The monoisotopic (exact) mass is 300 g/mol. The van der Waals surface area contributed by atoms with Crippen LogP contribution in [0.25, 0.3) is 0 Å². The fourth-order valence-electron chi connectivity index (χ4n) is 2.36. The number of alkyl carbamates (subject to hydrolysis) is 1. The fraction of sp³-hybridized carbons (Fsp3) is 0.933. The van der Waals surface area contributed by atoms with Crippen LogP contribution < -0.4 is 11.1 Å². The third-order valence-corrected chi connectivity index (χ3v) is 3.46. The van der Waals surface area contributed by atoms with Crippen LogP contribution in [-0.4, -0.2) is 73.9 Å². The first-order valence-electron chi connectivity index (χ1n) is 8.02. The average Bonchev–Trinajstić information content (AvgIpc) is 2.41. The highest BCUT2D eigenvalue weighted by Crippen LogP contribution is 2.06. The summed E-state index contributed by atoms with van der Waals surface area (Å²) in [6.07, 6.45) is 1.72. The molecule has 3 N–H and O–H groups in total. The standard InChI is InChI=1S/C15H32N4O2/c1-15(2,3)21-14(20)17-7-5-9-19-12-10-18(11-13-19)8-4-6-16/h4-13,16H2,1-3H3,(H,17,20). The molecule has 0 unspecified atom stereocenters. The minimum atomic E-state index is -0.427. The fourth-order valence-corrected chi connectivity index (χ4v) is 2.36. The van der Waals surface area contributed by atoms with Gasteiger partial charge in [0, 0.05) is 32.7 Å². The highest BCUT2D eigenvalue weighted by molar-refractivity contribution is 5.67. The number of carbonyl (C=O) groups excluding carboxylic acids is 1. The van der Waals surface area contributed by atoms with E-state index in [1.807, 2.05) is 20.8 Å². The van der Waals surface area contributed by atoms with E-state index < -0.39 is 5.60 Å². The summed E-state index contributed by atoms with van der Waals surface area (Å²) < 4.78 is 5.20. The largest absolute Gasteiger partial charge is 0.444 e. The molecular formula is C15H32N4O2. The molecule has 21 heavy (non-hydrogen) atoms. The lowest BCUT2D eigenvalue weighted by Gasteiger charge is -2.34. The van der Waals surface area contributed by atoms with Crippen LogP contribution in [0.3, 0.4) is 0 Å². The Morgan fingerprint density at radius 2 is 1.62 bits per heavy atom. The van der Waals surface area contributed by atoms with Crippen LogP contribution >= 0.6 is 0 Å². The summed E-state index contributed by atoms with van der Waals surface area (Å²) in [5.41, 5.74) is 5.11. The Morgan fingerprint density at radius 1 is 1.10 bits per heavy atom. The Morgan fingerprint density at radius 3 is 2.10 bits per heavy atom. The molecule has 6 nitrogen and oxygen atoms in total. The summed E-state index contributed by atoms with van der Waals surface area (Å²) in [5.74, 6) is 0. The first-order chi connectivity index (χ1) is 9.90. The zero-order valence-corrected chi connectivity index (χ0v) is 13.9. The van der Waals surface area contributed by atoms with Gasteiger partial charge in [0.1, 0.15) is 5.60 Å². The van der Waals surface area contributed by atoms with Crippen LogP contribution in [0.4, 0.5) is 4.79 Å². The van der Waals surface area contributed by atoms with Gasteiger partial charge >= 0.3 is 6.09 Å². The van der Waals surface area contributed by atoms with Crippen molar-refractivity contribution in [3.05, 3.63) is 0 Å². The van der Waals surface area contributed by atoms with Gasteiger partial charge < -0.3 is 25.6 Å². The van der Waals surface area contributed by atoms with E-state index in [2.05, 4.69) is 15.1 Å². The minimum absolute atomic E-state index is 0.325. The second kappa shape index (κ2) is 9.23. The number of nitrogens with zero attached hydrogens (tertiary/aromatic N) is 2. The molecule has 1 rings (SSSR count). The maximum atomic E-state index is 11.5. The molecule has 1 fully saturated rings. The summed E-state index contributed by atoms with van der Waals surface area (Å²) in [4.78, 5) is 16.4. The van der Waals surface area contributed by atoms with Crippen molar-refractivity contribution in [3.8, 4) is 0 Å².